The molecule has 0 fully saturated rings. The number of amides is 1. The summed E-state index contributed by atoms with van der Waals surface area (Å²) >= 11 is 0. The van der Waals surface area contributed by atoms with Gasteiger partial charge in [-0.1, -0.05) is 6.07 Å². The van der Waals surface area contributed by atoms with Crippen molar-refractivity contribution in [3.05, 3.63) is 42.4 Å². The van der Waals surface area contributed by atoms with E-state index < -0.39 is 12.5 Å². The lowest BCUT2D eigenvalue weighted by Gasteiger charge is -2.08. The molecule has 2 aromatic rings. The van der Waals surface area contributed by atoms with Crippen LogP contribution >= 0.6 is 0 Å². The highest BCUT2D eigenvalue weighted by Gasteiger charge is 2.11. The number of anilines is 1. The zero-order valence-corrected chi connectivity index (χ0v) is 10.9. The number of benzene rings is 1. The number of nitrogens with one attached hydrogen (secondary N) is 1. The SMILES string of the molecule is COc1cc(C(=O)Nc2cccc(OC(F)F)c2)ncn1. The van der Waals surface area contributed by atoms with Gasteiger partial charge in [0.1, 0.15) is 17.8 Å². The van der Waals surface area contributed by atoms with Crippen LogP contribution in [0.5, 0.6) is 11.6 Å². The van der Waals surface area contributed by atoms with Gasteiger partial charge in [0.05, 0.1) is 7.11 Å². The summed E-state index contributed by atoms with van der Waals surface area (Å²) in [7, 11) is 1.41. The van der Waals surface area contributed by atoms with Crippen LogP contribution in [0.2, 0.25) is 0 Å². The molecule has 2 rings (SSSR count). The first-order chi connectivity index (χ1) is 10.1. The Morgan fingerprint density at radius 1 is 1.29 bits per heavy atom. The standard InChI is InChI=1S/C13H11F2N3O3/c1-20-11-6-10(16-7-17-11)12(19)18-8-3-2-4-9(5-8)21-13(14)15/h2-7,13H,1H3,(H,18,19). The summed E-state index contributed by atoms with van der Waals surface area (Å²) in [6, 6.07) is 7.01. The van der Waals surface area contributed by atoms with E-state index in [4.69, 9.17) is 4.74 Å². The lowest BCUT2D eigenvalue weighted by Crippen LogP contribution is -2.14. The molecule has 0 atom stereocenters. The van der Waals surface area contributed by atoms with E-state index in [9.17, 15) is 13.6 Å². The fourth-order valence-electron chi connectivity index (χ4n) is 1.52. The smallest absolute Gasteiger partial charge is 0.387 e. The maximum atomic E-state index is 12.1. The van der Waals surface area contributed by atoms with Crippen molar-refractivity contribution in [2.24, 2.45) is 0 Å². The predicted molar refractivity (Wildman–Crippen MR) is 69.6 cm³/mol. The van der Waals surface area contributed by atoms with Crippen molar-refractivity contribution in [1.29, 1.82) is 0 Å². The van der Waals surface area contributed by atoms with Crippen molar-refractivity contribution in [3.8, 4) is 11.6 Å². The predicted octanol–water partition coefficient (Wildman–Crippen LogP) is 2.34. The Hall–Kier alpha value is -2.77. The van der Waals surface area contributed by atoms with Crippen LogP contribution < -0.4 is 14.8 Å². The van der Waals surface area contributed by atoms with Gasteiger partial charge in [-0.3, -0.25) is 4.79 Å². The Morgan fingerprint density at radius 3 is 2.81 bits per heavy atom. The number of halogens is 2. The van der Waals surface area contributed by atoms with Crippen molar-refractivity contribution in [2.75, 3.05) is 12.4 Å². The zero-order valence-electron chi connectivity index (χ0n) is 10.9. The molecule has 1 aromatic heterocycles. The zero-order chi connectivity index (χ0) is 15.2. The molecule has 0 aliphatic carbocycles. The summed E-state index contributed by atoms with van der Waals surface area (Å²) in [4.78, 5) is 19.5. The Bertz CT molecular complexity index is 638. The third-order valence-electron chi connectivity index (χ3n) is 2.40. The highest BCUT2D eigenvalue weighted by atomic mass is 19.3. The Balaban J connectivity index is 2.11. The van der Waals surface area contributed by atoms with Gasteiger partial charge in [0.15, 0.2) is 0 Å². The average molecular weight is 295 g/mol. The normalized spacial score (nSPS) is 10.3. The second-order valence-electron chi connectivity index (χ2n) is 3.81. The number of methoxy groups -OCH3 is 1. The molecular weight excluding hydrogens is 284 g/mol. The molecular formula is C13H11F2N3O3. The lowest BCUT2D eigenvalue weighted by molar-refractivity contribution is -0.0497. The van der Waals surface area contributed by atoms with E-state index in [-0.39, 0.29) is 17.3 Å². The van der Waals surface area contributed by atoms with Crippen molar-refractivity contribution in [2.45, 2.75) is 6.61 Å². The van der Waals surface area contributed by atoms with Gasteiger partial charge in [-0.2, -0.15) is 8.78 Å². The Morgan fingerprint density at radius 2 is 2.10 bits per heavy atom. The van der Waals surface area contributed by atoms with Crippen LogP contribution in [0, 0.1) is 0 Å². The molecule has 0 radical (unpaired) electrons. The maximum absolute atomic E-state index is 12.1. The van der Waals surface area contributed by atoms with Gasteiger partial charge in [0.2, 0.25) is 5.88 Å². The third kappa shape index (κ3) is 4.10. The number of carbonyl (C=O) groups is 1. The second kappa shape index (κ2) is 6.60. The maximum Gasteiger partial charge on any atom is 0.387 e. The summed E-state index contributed by atoms with van der Waals surface area (Å²) in [5.41, 5.74) is 0.387. The molecule has 0 saturated heterocycles. The molecule has 6 nitrogen and oxygen atoms in total. The van der Waals surface area contributed by atoms with E-state index in [0.717, 1.165) is 0 Å². The summed E-state index contributed by atoms with van der Waals surface area (Å²) < 4.78 is 33.4. The first kappa shape index (κ1) is 14.6. The number of nitrogens with zero attached hydrogens (tertiary/aromatic N) is 2. The molecule has 0 unspecified atom stereocenters. The van der Waals surface area contributed by atoms with Crippen LogP contribution in [0.4, 0.5) is 14.5 Å². The molecule has 0 aliphatic rings. The van der Waals surface area contributed by atoms with E-state index in [2.05, 4.69) is 20.0 Å². The van der Waals surface area contributed by atoms with Gasteiger partial charge in [-0.05, 0) is 12.1 Å². The monoisotopic (exact) mass is 295 g/mol. The van der Waals surface area contributed by atoms with E-state index in [1.807, 2.05) is 0 Å². The number of alkyl halides is 2. The minimum absolute atomic E-state index is 0.0527. The molecule has 110 valence electrons. The summed E-state index contributed by atoms with van der Waals surface area (Å²) in [5, 5.41) is 2.51. The quantitative estimate of drug-likeness (QED) is 0.916. The van der Waals surface area contributed by atoms with Crippen LogP contribution in [0.25, 0.3) is 0 Å². The van der Waals surface area contributed by atoms with E-state index in [1.165, 1.54) is 43.8 Å². The summed E-state index contributed by atoms with van der Waals surface area (Å²) in [6.45, 7) is -2.93. The fraction of sp³-hybridized carbons (Fsp3) is 0.154. The lowest BCUT2D eigenvalue weighted by atomic mass is 10.3. The first-order valence-corrected chi connectivity index (χ1v) is 5.81. The first-order valence-electron chi connectivity index (χ1n) is 5.81. The topological polar surface area (TPSA) is 73.3 Å². The highest BCUT2D eigenvalue weighted by molar-refractivity contribution is 6.03. The molecule has 8 heteroatoms. The van der Waals surface area contributed by atoms with Crippen molar-refractivity contribution < 1.29 is 23.0 Å². The molecule has 1 heterocycles. The van der Waals surface area contributed by atoms with E-state index in [1.54, 1.807) is 0 Å². The van der Waals surface area contributed by atoms with Crippen LogP contribution in [0.3, 0.4) is 0 Å². The number of rotatable bonds is 5. The molecule has 0 aliphatic heterocycles. The van der Waals surface area contributed by atoms with Crippen molar-refractivity contribution in [3.63, 3.8) is 0 Å². The van der Waals surface area contributed by atoms with Gasteiger partial charge in [-0.25, -0.2) is 9.97 Å². The highest BCUT2D eigenvalue weighted by Crippen LogP contribution is 2.20. The van der Waals surface area contributed by atoms with E-state index in [0.29, 0.717) is 5.69 Å². The van der Waals surface area contributed by atoms with E-state index >= 15 is 0 Å². The molecule has 0 bridgehead atoms. The van der Waals surface area contributed by atoms with Crippen LogP contribution in [-0.4, -0.2) is 29.6 Å². The minimum atomic E-state index is -2.93. The number of hydrogen-bond acceptors (Lipinski definition) is 5. The number of carbonyl (C=O) groups excluding carboxylic acids is 1. The van der Waals surface area contributed by atoms with Gasteiger partial charge in [0.25, 0.3) is 5.91 Å². The molecule has 1 amide bonds. The molecule has 21 heavy (non-hydrogen) atoms. The average Bonchev–Trinajstić information content (AvgIpc) is 2.47. The van der Waals surface area contributed by atoms with Crippen LogP contribution in [0.15, 0.2) is 36.7 Å². The molecule has 1 N–H and O–H groups in total. The number of aromatic nitrogens is 2. The number of hydrogen-bond donors (Lipinski definition) is 1. The van der Waals surface area contributed by atoms with Crippen molar-refractivity contribution in [1.82, 2.24) is 9.97 Å². The van der Waals surface area contributed by atoms with Crippen LogP contribution in [0.1, 0.15) is 10.5 Å². The third-order valence-corrected chi connectivity index (χ3v) is 2.40. The van der Waals surface area contributed by atoms with Crippen molar-refractivity contribution >= 4 is 11.6 Å². The number of ether oxygens (including phenoxy) is 2. The minimum Gasteiger partial charge on any atom is -0.481 e. The molecule has 1 aromatic carbocycles. The summed E-state index contributed by atoms with van der Waals surface area (Å²) in [5.74, 6) is -0.335. The second-order valence-corrected chi connectivity index (χ2v) is 3.81. The Kier molecular flexibility index (Phi) is 4.60. The molecule has 0 saturated carbocycles. The molecule has 0 spiro atoms. The van der Waals surface area contributed by atoms with Gasteiger partial charge >= 0.3 is 6.61 Å². The fourth-order valence-corrected chi connectivity index (χ4v) is 1.52. The Labute approximate surface area is 118 Å². The van der Waals surface area contributed by atoms with Crippen LogP contribution in [-0.2, 0) is 0 Å². The largest absolute Gasteiger partial charge is 0.481 e. The van der Waals surface area contributed by atoms with Gasteiger partial charge < -0.3 is 14.8 Å². The summed E-state index contributed by atoms with van der Waals surface area (Å²) in [6.07, 6.45) is 1.18. The van der Waals surface area contributed by atoms with Gasteiger partial charge in [0, 0.05) is 17.8 Å². The van der Waals surface area contributed by atoms with Gasteiger partial charge in [-0.15, -0.1) is 0 Å².